The molecule has 0 aliphatic heterocycles. The van der Waals surface area contributed by atoms with Crippen LogP contribution in [0.15, 0.2) is 0 Å². The molecule has 0 radical (unpaired) electrons. The van der Waals surface area contributed by atoms with Gasteiger partial charge in [-0.15, -0.1) is 0 Å². The highest BCUT2D eigenvalue weighted by Crippen LogP contribution is 2.03. The number of carbonyl (C=O) groups is 1. The molecule has 0 fully saturated rings. The van der Waals surface area contributed by atoms with Crippen molar-refractivity contribution in [3.63, 3.8) is 0 Å². The van der Waals surface area contributed by atoms with Crippen LogP contribution in [-0.2, 0) is 4.79 Å². The second-order valence-corrected chi connectivity index (χ2v) is 2.83. The van der Waals surface area contributed by atoms with Gasteiger partial charge in [0.2, 0.25) is 0 Å². The molecule has 0 saturated carbocycles. The first-order chi connectivity index (χ1) is 5.59. The van der Waals surface area contributed by atoms with E-state index in [1.807, 2.05) is 7.05 Å². The zero-order valence-electron chi connectivity index (χ0n) is 8.08. The van der Waals surface area contributed by atoms with Crippen LogP contribution in [-0.4, -0.2) is 31.2 Å². The summed E-state index contributed by atoms with van der Waals surface area (Å²) in [5.74, 6) is 0.637. The molecule has 0 heterocycles. The molecule has 4 heteroatoms. The molecule has 0 amide bonds. The topological polar surface area (TPSA) is 75.3 Å². The van der Waals surface area contributed by atoms with Crippen molar-refractivity contribution in [2.45, 2.75) is 26.3 Å². The van der Waals surface area contributed by atoms with Crippen molar-refractivity contribution in [1.82, 2.24) is 5.32 Å². The van der Waals surface area contributed by atoms with Crippen molar-refractivity contribution in [3.05, 3.63) is 0 Å². The van der Waals surface area contributed by atoms with E-state index in [-0.39, 0.29) is 6.47 Å². The number of hydrogen-bond donors (Lipinski definition) is 3. The number of rotatable bonds is 4. The van der Waals surface area contributed by atoms with Crippen LogP contribution in [0.1, 0.15) is 20.3 Å². The first-order valence-electron chi connectivity index (χ1n) is 4.08. The lowest BCUT2D eigenvalue weighted by molar-refractivity contribution is -0.122. The summed E-state index contributed by atoms with van der Waals surface area (Å²) < 4.78 is 0. The van der Waals surface area contributed by atoms with Crippen LogP contribution >= 0.6 is 0 Å². The van der Waals surface area contributed by atoms with Gasteiger partial charge in [-0.25, -0.2) is 0 Å². The molecule has 74 valence electrons. The third-order valence-electron chi connectivity index (χ3n) is 1.75. The van der Waals surface area contributed by atoms with E-state index in [2.05, 4.69) is 19.2 Å². The zero-order valence-corrected chi connectivity index (χ0v) is 8.08. The SMILES string of the molecule is CNCCC(C)C(C)N.O=CO. The van der Waals surface area contributed by atoms with Crippen molar-refractivity contribution >= 4 is 6.47 Å². The minimum atomic E-state index is -0.250. The minimum absolute atomic E-state index is 0.250. The lowest BCUT2D eigenvalue weighted by Crippen LogP contribution is -2.26. The van der Waals surface area contributed by atoms with Crippen molar-refractivity contribution < 1.29 is 9.90 Å². The van der Waals surface area contributed by atoms with Gasteiger partial charge in [0.15, 0.2) is 0 Å². The quantitative estimate of drug-likeness (QED) is 0.538. The van der Waals surface area contributed by atoms with Gasteiger partial charge < -0.3 is 16.2 Å². The van der Waals surface area contributed by atoms with Crippen LogP contribution in [0.25, 0.3) is 0 Å². The van der Waals surface area contributed by atoms with Gasteiger partial charge >= 0.3 is 0 Å². The second kappa shape index (κ2) is 10.4. The van der Waals surface area contributed by atoms with Crippen molar-refractivity contribution in [1.29, 1.82) is 0 Å². The van der Waals surface area contributed by atoms with Crippen LogP contribution in [0, 0.1) is 5.92 Å². The molecule has 0 bridgehead atoms. The minimum Gasteiger partial charge on any atom is -0.483 e. The monoisotopic (exact) mass is 176 g/mol. The van der Waals surface area contributed by atoms with E-state index >= 15 is 0 Å². The summed E-state index contributed by atoms with van der Waals surface area (Å²) in [6, 6.07) is 0.332. The Kier molecular flexibility index (Phi) is 12.1. The zero-order chi connectivity index (χ0) is 9.98. The molecule has 12 heavy (non-hydrogen) atoms. The molecule has 0 saturated heterocycles. The molecule has 0 aromatic heterocycles. The summed E-state index contributed by atoms with van der Waals surface area (Å²) in [4.78, 5) is 8.36. The fourth-order valence-corrected chi connectivity index (χ4v) is 0.635. The normalized spacial score (nSPS) is 14.0. The first-order valence-corrected chi connectivity index (χ1v) is 4.08. The lowest BCUT2D eigenvalue weighted by atomic mass is 10.0. The van der Waals surface area contributed by atoms with E-state index in [0.717, 1.165) is 6.54 Å². The Morgan fingerprint density at radius 2 is 2.00 bits per heavy atom. The standard InChI is InChI=1S/C7H18N2.CH2O2/c1-6(7(2)8)4-5-9-3;2-1-3/h6-7,9H,4-5,8H2,1-3H3;1H,(H,2,3). The third kappa shape index (κ3) is 12.1. The number of carboxylic acid groups (broad SMARTS) is 1. The molecule has 0 rings (SSSR count). The average molecular weight is 176 g/mol. The van der Waals surface area contributed by atoms with E-state index in [4.69, 9.17) is 15.6 Å². The third-order valence-corrected chi connectivity index (χ3v) is 1.75. The Bertz CT molecular complexity index is 97.1. The molecule has 0 aromatic carbocycles. The number of hydrogen-bond acceptors (Lipinski definition) is 3. The molecule has 2 atom stereocenters. The highest BCUT2D eigenvalue weighted by molar-refractivity contribution is 5.32. The Hall–Kier alpha value is -0.610. The molecule has 4 N–H and O–H groups in total. The van der Waals surface area contributed by atoms with E-state index in [1.54, 1.807) is 0 Å². The molecule has 0 aliphatic rings. The van der Waals surface area contributed by atoms with Gasteiger partial charge in [-0.2, -0.15) is 0 Å². The molecule has 0 aliphatic carbocycles. The van der Waals surface area contributed by atoms with E-state index in [9.17, 15) is 0 Å². The maximum Gasteiger partial charge on any atom is 0.290 e. The fraction of sp³-hybridized carbons (Fsp3) is 0.875. The van der Waals surface area contributed by atoms with E-state index < -0.39 is 0 Å². The largest absolute Gasteiger partial charge is 0.483 e. The van der Waals surface area contributed by atoms with Crippen molar-refractivity contribution in [3.8, 4) is 0 Å². The second-order valence-electron chi connectivity index (χ2n) is 2.83. The molecule has 0 aromatic rings. The highest BCUT2D eigenvalue weighted by atomic mass is 16.3. The Balaban J connectivity index is 0. The summed E-state index contributed by atoms with van der Waals surface area (Å²) in [5.41, 5.74) is 5.65. The van der Waals surface area contributed by atoms with Crippen molar-refractivity contribution in [2.24, 2.45) is 11.7 Å². The molecular weight excluding hydrogens is 156 g/mol. The number of nitrogens with two attached hydrogens (primary N) is 1. The average Bonchev–Trinajstić information content (AvgIpc) is 2.01. The summed E-state index contributed by atoms with van der Waals surface area (Å²) in [5, 5.41) is 9.99. The highest BCUT2D eigenvalue weighted by Gasteiger charge is 2.04. The van der Waals surface area contributed by atoms with E-state index in [0.29, 0.717) is 12.0 Å². The Labute approximate surface area is 74.1 Å². The lowest BCUT2D eigenvalue weighted by Gasteiger charge is -2.14. The fourth-order valence-electron chi connectivity index (χ4n) is 0.635. The maximum absolute atomic E-state index is 8.36. The van der Waals surface area contributed by atoms with Gasteiger partial charge in [0.1, 0.15) is 0 Å². The van der Waals surface area contributed by atoms with Gasteiger partial charge in [0.25, 0.3) is 6.47 Å². The van der Waals surface area contributed by atoms with Crippen LogP contribution in [0.3, 0.4) is 0 Å². The summed E-state index contributed by atoms with van der Waals surface area (Å²) in [7, 11) is 1.97. The predicted octanol–water partition coefficient (Wildman–Crippen LogP) is 0.280. The maximum atomic E-state index is 8.36. The van der Waals surface area contributed by atoms with Gasteiger partial charge in [0.05, 0.1) is 0 Å². The van der Waals surface area contributed by atoms with Crippen LogP contribution in [0.4, 0.5) is 0 Å². The molecule has 2 unspecified atom stereocenters. The van der Waals surface area contributed by atoms with Gasteiger partial charge in [-0.05, 0) is 32.9 Å². The van der Waals surface area contributed by atoms with Crippen LogP contribution in [0.5, 0.6) is 0 Å². The molecule has 4 nitrogen and oxygen atoms in total. The first kappa shape index (κ1) is 13.9. The van der Waals surface area contributed by atoms with Crippen LogP contribution < -0.4 is 11.1 Å². The van der Waals surface area contributed by atoms with Crippen molar-refractivity contribution in [2.75, 3.05) is 13.6 Å². The number of nitrogens with one attached hydrogen (secondary N) is 1. The van der Waals surface area contributed by atoms with Gasteiger partial charge in [-0.3, -0.25) is 4.79 Å². The van der Waals surface area contributed by atoms with Gasteiger partial charge in [-0.1, -0.05) is 6.92 Å². The Morgan fingerprint density at radius 3 is 2.25 bits per heavy atom. The molecular formula is C8H20N2O2. The summed E-state index contributed by atoms with van der Waals surface area (Å²) >= 11 is 0. The van der Waals surface area contributed by atoms with Crippen LogP contribution in [0.2, 0.25) is 0 Å². The smallest absolute Gasteiger partial charge is 0.290 e. The van der Waals surface area contributed by atoms with Gasteiger partial charge in [0, 0.05) is 6.04 Å². The van der Waals surface area contributed by atoms with E-state index in [1.165, 1.54) is 6.42 Å². The summed E-state index contributed by atoms with van der Waals surface area (Å²) in [6.07, 6.45) is 1.17. The Morgan fingerprint density at radius 1 is 1.58 bits per heavy atom. The predicted molar refractivity (Wildman–Crippen MR) is 50.0 cm³/mol. The summed E-state index contributed by atoms with van der Waals surface area (Å²) in [6.45, 7) is 5.06. The molecule has 0 spiro atoms.